The summed E-state index contributed by atoms with van der Waals surface area (Å²) in [5, 5.41) is 10.3. The Bertz CT molecular complexity index is 500. The van der Waals surface area contributed by atoms with Gasteiger partial charge in [-0.15, -0.1) is 0 Å². The van der Waals surface area contributed by atoms with E-state index in [0.29, 0.717) is 16.5 Å². The Morgan fingerprint density at radius 3 is 2.72 bits per heavy atom. The highest BCUT2D eigenvalue weighted by atomic mass is 35.5. The number of hydrogen-bond donors (Lipinski definition) is 1. The van der Waals surface area contributed by atoms with Gasteiger partial charge >= 0.3 is 0 Å². The average Bonchev–Trinajstić information content (AvgIpc) is 2.85. The molecular weight excluding hydrogens is 271 g/mol. The molecule has 0 spiro atoms. The molecule has 0 aliphatic rings. The minimum absolute atomic E-state index is 0.139. The van der Waals surface area contributed by atoms with Gasteiger partial charge in [-0.2, -0.15) is 0 Å². The molecule has 3 nitrogen and oxygen atoms in total. The van der Waals surface area contributed by atoms with Crippen molar-refractivity contribution in [2.24, 2.45) is 0 Å². The summed E-state index contributed by atoms with van der Waals surface area (Å²) in [6, 6.07) is 5.60. The number of nitrogens with zero attached hydrogens (tertiary/aromatic N) is 2. The topological polar surface area (TPSA) is 38.0 Å². The van der Waals surface area contributed by atoms with Crippen molar-refractivity contribution in [2.75, 3.05) is 6.61 Å². The van der Waals surface area contributed by atoms with E-state index in [9.17, 15) is 0 Å². The average molecular weight is 285 g/mol. The highest BCUT2D eigenvalue weighted by Gasteiger charge is 2.13. The first-order valence-electron chi connectivity index (χ1n) is 5.72. The number of aromatic nitrogens is 2. The largest absolute Gasteiger partial charge is 0.396 e. The molecule has 0 saturated heterocycles. The van der Waals surface area contributed by atoms with Crippen LogP contribution >= 0.6 is 23.2 Å². The van der Waals surface area contributed by atoms with Crippen molar-refractivity contribution in [2.45, 2.75) is 18.9 Å². The zero-order chi connectivity index (χ0) is 13.0. The van der Waals surface area contributed by atoms with Gasteiger partial charge in [0.2, 0.25) is 0 Å². The predicted octanol–water partition coefficient (Wildman–Crippen LogP) is 3.36. The van der Waals surface area contributed by atoms with Gasteiger partial charge in [-0.25, -0.2) is 4.98 Å². The van der Waals surface area contributed by atoms with E-state index in [1.165, 1.54) is 0 Å². The molecule has 0 aliphatic carbocycles. The molecule has 0 saturated carbocycles. The minimum Gasteiger partial charge on any atom is -0.396 e. The monoisotopic (exact) mass is 284 g/mol. The molecule has 1 aromatic carbocycles. The summed E-state index contributed by atoms with van der Waals surface area (Å²) in [6.07, 6.45) is 6.09. The van der Waals surface area contributed by atoms with Crippen LogP contribution in [0.2, 0.25) is 10.0 Å². The molecule has 5 heteroatoms. The van der Waals surface area contributed by atoms with Gasteiger partial charge in [0.15, 0.2) is 0 Å². The first-order valence-corrected chi connectivity index (χ1v) is 6.48. The van der Waals surface area contributed by atoms with Gasteiger partial charge < -0.3 is 9.67 Å². The quantitative estimate of drug-likeness (QED) is 0.914. The van der Waals surface area contributed by atoms with Gasteiger partial charge in [-0.1, -0.05) is 29.3 Å². The Balaban J connectivity index is 2.20. The number of halogens is 2. The standard InChI is InChI=1S/C13H14Cl2N2O/c14-12-2-1-10(7-13(12)15)11(3-6-18)8-17-5-4-16-9-17/h1-2,4-5,7,9,11,18H,3,6,8H2/t11-/m1/s1. The third kappa shape index (κ3) is 3.25. The molecule has 0 unspecified atom stereocenters. The first kappa shape index (κ1) is 13.4. The highest BCUT2D eigenvalue weighted by molar-refractivity contribution is 6.42. The van der Waals surface area contributed by atoms with Crippen LogP contribution in [0.1, 0.15) is 17.9 Å². The van der Waals surface area contributed by atoms with E-state index in [-0.39, 0.29) is 12.5 Å². The van der Waals surface area contributed by atoms with Gasteiger partial charge in [0.25, 0.3) is 0 Å². The zero-order valence-electron chi connectivity index (χ0n) is 9.76. The molecule has 2 aromatic rings. The van der Waals surface area contributed by atoms with Crippen molar-refractivity contribution >= 4 is 23.2 Å². The van der Waals surface area contributed by atoms with Gasteiger partial charge in [0, 0.05) is 31.5 Å². The summed E-state index contributed by atoms with van der Waals surface area (Å²) in [5.41, 5.74) is 1.08. The maximum Gasteiger partial charge on any atom is 0.0946 e. The molecule has 0 aliphatic heterocycles. The van der Waals surface area contributed by atoms with Gasteiger partial charge in [-0.3, -0.25) is 0 Å². The van der Waals surface area contributed by atoms with E-state index >= 15 is 0 Å². The smallest absolute Gasteiger partial charge is 0.0946 e. The fourth-order valence-corrected chi connectivity index (χ4v) is 2.24. The molecule has 96 valence electrons. The lowest BCUT2D eigenvalue weighted by molar-refractivity contribution is 0.269. The fourth-order valence-electron chi connectivity index (χ4n) is 1.93. The van der Waals surface area contributed by atoms with Crippen molar-refractivity contribution in [3.8, 4) is 0 Å². The van der Waals surface area contributed by atoms with Crippen molar-refractivity contribution in [1.82, 2.24) is 9.55 Å². The third-order valence-corrected chi connectivity index (χ3v) is 3.62. The minimum atomic E-state index is 0.139. The van der Waals surface area contributed by atoms with Crippen LogP contribution in [-0.4, -0.2) is 21.3 Å². The second-order valence-electron chi connectivity index (χ2n) is 4.14. The van der Waals surface area contributed by atoms with Gasteiger partial charge in [0.05, 0.1) is 16.4 Å². The van der Waals surface area contributed by atoms with Crippen molar-refractivity contribution in [3.63, 3.8) is 0 Å². The summed E-state index contributed by atoms with van der Waals surface area (Å²) in [6.45, 7) is 0.901. The maximum absolute atomic E-state index is 9.17. The van der Waals surface area contributed by atoms with Crippen molar-refractivity contribution in [3.05, 3.63) is 52.5 Å². The van der Waals surface area contributed by atoms with E-state index in [4.69, 9.17) is 28.3 Å². The number of imidazole rings is 1. The van der Waals surface area contributed by atoms with Crippen LogP contribution < -0.4 is 0 Å². The van der Waals surface area contributed by atoms with E-state index < -0.39 is 0 Å². The number of aliphatic hydroxyl groups is 1. The Hall–Kier alpha value is -1.03. The van der Waals surface area contributed by atoms with E-state index in [1.54, 1.807) is 18.6 Å². The summed E-state index contributed by atoms with van der Waals surface area (Å²) >= 11 is 11.9. The SMILES string of the molecule is OCC[C@H](Cn1ccnc1)c1ccc(Cl)c(Cl)c1. The van der Waals surface area contributed by atoms with Crippen molar-refractivity contribution < 1.29 is 5.11 Å². The number of rotatable bonds is 5. The van der Waals surface area contributed by atoms with Crippen LogP contribution in [0.4, 0.5) is 0 Å². The van der Waals surface area contributed by atoms with Gasteiger partial charge in [-0.05, 0) is 24.1 Å². The molecule has 1 aromatic heterocycles. The first-order chi connectivity index (χ1) is 8.70. The molecule has 1 heterocycles. The van der Waals surface area contributed by atoms with Crippen LogP contribution in [0.3, 0.4) is 0 Å². The van der Waals surface area contributed by atoms with E-state index in [1.807, 2.05) is 22.9 Å². The second kappa shape index (κ2) is 6.23. The third-order valence-electron chi connectivity index (χ3n) is 2.88. The Kier molecular flexibility index (Phi) is 4.64. The van der Waals surface area contributed by atoms with Crippen molar-refractivity contribution in [1.29, 1.82) is 0 Å². The summed E-state index contributed by atoms with van der Waals surface area (Å²) < 4.78 is 1.99. The second-order valence-corrected chi connectivity index (χ2v) is 4.96. The molecule has 1 N–H and O–H groups in total. The lowest BCUT2D eigenvalue weighted by Gasteiger charge is -2.17. The summed E-state index contributed by atoms with van der Waals surface area (Å²) in [7, 11) is 0. The lowest BCUT2D eigenvalue weighted by atomic mass is 9.96. The Morgan fingerprint density at radius 2 is 2.11 bits per heavy atom. The Labute approximate surface area is 116 Å². The van der Waals surface area contributed by atoms with Crippen LogP contribution in [0.25, 0.3) is 0 Å². The molecule has 18 heavy (non-hydrogen) atoms. The van der Waals surface area contributed by atoms with E-state index in [0.717, 1.165) is 12.1 Å². The number of hydrogen-bond acceptors (Lipinski definition) is 2. The molecule has 0 fully saturated rings. The number of benzene rings is 1. The molecule has 2 rings (SSSR count). The molecule has 1 atom stereocenters. The lowest BCUT2D eigenvalue weighted by Crippen LogP contribution is -2.10. The summed E-state index contributed by atoms with van der Waals surface area (Å²) in [5.74, 6) is 0.193. The molecular formula is C13H14Cl2N2O. The van der Waals surface area contributed by atoms with Crippen LogP contribution in [0.5, 0.6) is 0 Å². The summed E-state index contributed by atoms with van der Waals surface area (Å²) in [4.78, 5) is 4.01. The molecule has 0 radical (unpaired) electrons. The maximum atomic E-state index is 9.17. The number of aliphatic hydroxyl groups excluding tert-OH is 1. The Morgan fingerprint density at radius 1 is 1.28 bits per heavy atom. The fraction of sp³-hybridized carbons (Fsp3) is 0.308. The molecule has 0 amide bonds. The van der Waals surface area contributed by atoms with Crippen LogP contribution in [-0.2, 0) is 6.54 Å². The van der Waals surface area contributed by atoms with Crippen LogP contribution in [0, 0.1) is 0 Å². The highest BCUT2D eigenvalue weighted by Crippen LogP contribution is 2.28. The zero-order valence-corrected chi connectivity index (χ0v) is 11.3. The predicted molar refractivity (Wildman–Crippen MR) is 73.1 cm³/mol. The normalized spacial score (nSPS) is 12.6. The van der Waals surface area contributed by atoms with Crippen LogP contribution in [0.15, 0.2) is 36.9 Å². The van der Waals surface area contributed by atoms with E-state index in [2.05, 4.69) is 4.98 Å². The molecule has 0 bridgehead atoms. The van der Waals surface area contributed by atoms with Gasteiger partial charge in [0.1, 0.15) is 0 Å².